The second-order valence-electron chi connectivity index (χ2n) is 3.88. The van der Waals surface area contributed by atoms with Crippen LogP contribution in [-0.4, -0.2) is 25.9 Å². The van der Waals surface area contributed by atoms with Crippen molar-refractivity contribution in [2.45, 2.75) is 32.0 Å². The van der Waals surface area contributed by atoms with Crippen LogP contribution >= 0.6 is 0 Å². The highest BCUT2D eigenvalue weighted by Gasteiger charge is 2.34. The van der Waals surface area contributed by atoms with E-state index in [-0.39, 0.29) is 0 Å². The Balaban J connectivity index is 4.94. The van der Waals surface area contributed by atoms with E-state index in [0.29, 0.717) is 0 Å². The van der Waals surface area contributed by atoms with Crippen LogP contribution in [0.2, 0.25) is 18.1 Å². The minimum Gasteiger partial charge on any atom is -0.323 e. The molecule has 0 unspecified atom stereocenters. The Labute approximate surface area is 96.3 Å². The van der Waals surface area contributed by atoms with Crippen LogP contribution in [0.5, 0.6) is 0 Å². The van der Waals surface area contributed by atoms with E-state index < -0.39 is 8.24 Å². The molecule has 2 heteroatoms. The summed E-state index contributed by atoms with van der Waals surface area (Å²) in [7, 11) is -1.45. The second kappa shape index (κ2) is 7.66. The van der Waals surface area contributed by atoms with Gasteiger partial charge in [0.2, 0.25) is 0 Å². The Bertz CT molecular complexity index is 180. The van der Waals surface area contributed by atoms with Crippen molar-refractivity contribution in [3.8, 4) is 0 Å². The van der Waals surface area contributed by atoms with Crippen LogP contribution in [-0.2, 0) is 0 Å². The lowest BCUT2D eigenvalue weighted by Crippen LogP contribution is -2.52. The first-order chi connectivity index (χ1) is 7.20. The van der Waals surface area contributed by atoms with Gasteiger partial charge in [0.05, 0.1) is 0 Å². The van der Waals surface area contributed by atoms with E-state index in [4.69, 9.17) is 0 Å². The van der Waals surface area contributed by atoms with Crippen molar-refractivity contribution in [1.82, 2.24) is 4.57 Å². The lowest BCUT2D eigenvalue weighted by molar-refractivity contribution is 0.461. The van der Waals surface area contributed by atoms with Gasteiger partial charge in [-0.1, -0.05) is 32.1 Å². The van der Waals surface area contributed by atoms with Crippen molar-refractivity contribution < 1.29 is 0 Å². The van der Waals surface area contributed by atoms with Crippen LogP contribution in [0.15, 0.2) is 38.0 Å². The van der Waals surface area contributed by atoms with Crippen LogP contribution < -0.4 is 0 Å². The fourth-order valence-electron chi connectivity index (χ4n) is 2.34. The Hall–Kier alpha value is -0.603. The Kier molecular flexibility index (Phi) is 7.35. The van der Waals surface area contributed by atoms with E-state index in [9.17, 15) is 0 Å². The molecule has 0 heterocycles. The predicted octanol–water partition coefficient (Wildman–Crippen LogP) is 3.83. The molecule has 0 saturated carbocycles. The number of allylic oxidation sites excluding steroid dienone is 3. The molecule has 0 radical (unpaired) electrons. The lowest BCUT2D eigenvalue weighted by atomic mass is 10.7. The van der Waals surface area contributed by atoms with Crippen molar-refractivity contribution in [3.63, 3.8) is 0 Å². The summed E-state index contributed by atoms with van der Waals surface area (Å²) >= 11 is 0. The molecule has 86 valence electrons. The summed E-state index contributed by atoms with van der Waals surface area (Å²) < 4.78 is 2.62. The maximum absolute atomic E-state index is 3.90. The molecule has 0 N–H and O–H groups in total. The largest absolute Gasteiger partial charge is 0.323 e. The topological polar surface area (TPSA) is 3.24 Å². The molecule has 0 aliphatic heterocycles. The number of hydrogen-bond donors (Lipinski definition) is 0. The first-order valence-electron chi connectivity index (χ1n) is 5.78. The molecule has 15 heavy (non-hydrogen) atoms. The van der Waals surface area contributed by atoms with Gasteiger partial charge in [-0.25, -0.2) is 0 Å². The number of nitrogens with zero attached hydrogens (tertiary/aromatic N) is 1. The van der Waals surface area contributed by atoms with Crippen LogP contribution in [0.1, 0.15) is 13.8 Å². The normalized spacial score (nSPS) is 11.4. The van der Waals surface area contributed by atoms with Gasteiger partial charge in [-0.15, -0.1) is 19.7 Å². The monoisotopic (exact) mass is 223 g/mol. The van der Waals surface area contributed by atoms with Gasteiger partial charge < -0.3 is 4.57 Å². The van der Waals surface area contributed by atoms with Gasteiger partial charge in [0.1, 0.15) is 8.24 Å². The molecule has 0 aromatic heterocycles. The zero-order valence-electron chi connectivity index (χ0n) is 10.3. The molecule has 0 aliphatic carbocycles. The summed E-state index contributed by atoms with van der Waals surface area (Å²) in [5, 5.41) is 0. The first-order valence-corrected chi connectivity index (χ1v) is 8.35. The van der Waals surface area contributed by atoms with E-state index in [2.05, 4.69) is 56.4 Å². The van der Waals surface area contributed by atoms with Gasteiger partial charge in [0.25, 0.3) is 0 Å². The average Bonchev–Trinajstić information content (AvgIpc) is 2.20. The predicted molar refractivity (Wildman–Crippen MR) is 73.7 cm³/mol. The van der Waals surface area contributed by atoms with Crippen molar-refractivity contribution in [2.75, 3.05) is 13.1 Å². The highest BCUT2D eigenvalue weighted by Crippen LogP contribution is 2.26. The van der Waals surface area contributed by atoms with Gasteiger partial charge in [0, 0.05) is 0 Å². The van der Waals surface area contributed by atoms with Crippen LogP contribution in [0, 0.1) is 0 Å². The fourth-order valence-corrected chi connectivity index (χ4v) is 6.57. The van der Waals surface area contributed by atoms with Gasteiger partial charge in [0.15, 0.2) is 0 Å². The highest BCUT2D eigenvalue weighted by molar-refractivity contribution is 6.78. The third kappa shape index (κ3) is 3.80. The van der Waals surface area contributed by atoms with Gasteiger partial charge in [-0.3, -0.25) is 0 Å². The summed E-state index contributed by atoms with van der Waals surface area (Å²) in [5.41, 5.74) is 0. The summed E-state index contributed by atoms with van der Waals surface area (Å²) in [6.45, 7) is 18.4. The molecule has 1 nitrogen and oxygen atoms in total. The minimum atomic E-state index is -1.45. The Morgan fingerprint density at radius 1 is 0.867 bits per heavy atom. The van der Waals surface area contributed by atoms with Crippen LogP contribution in [0.4, 0.5) is 0 Å². The Morgan fingerprint density at radius 2 is 1.20 bits per heavy atom. The zero-order valence-corrected chi connectivity index (χ0v) is 11.3. The third-order valence-electron chi connectivity index (χ3n) is 3.01. The first kappa shape index (κ1) is 14.4. The quantitative estimate of drug-likeness (QED) is 0.424. The van der Waals surface area contributed by atoms with Crippen molar-refractivity contribution >= 4 is 8.24 Å². The SMILES string of the molecule is C=CC[Si](CC=C)(CC=C)N(CC)CC. The molecule has 0 atom stereocenters. The Morgan fingerprint density at radius 3 is 1.40 bits per heavy atom. The summed E-state index contributed by atoms with van der Waals surface area (Å²) in [5.74, 6) is 0. The van der Waals surface area contributed by atoms with E-state index in [1.165, 1.54) is 0 Å². The van der Waals surface area contributed by atoms with Crippen LogP contribution in [0.3, 0.4) is 0 Å². The molecule has 0 fully saturated rings. The maximum Gasteiger partial charge on any atom is 0.139 e. The van der Waals surface area contributed by atoms with Gasteiger partial charge in [-0.05, 0) is 31.2 Å². The molecular formula is C13H25NSi. The average molecular weight is 223 g/mol. The number of hydrogen-bond acceptors (Lipinski definition) is 1. The fraction of sp³-hybridized carbons (Fsp3) is 0.538. The molecule has 0 amide bonds. The summed E-state index contributed by atoms with van der Waals surface area (Å²) in [6.07, 6.45) is 6.20. The van der Waals surface area contributed by atoms with E-state index in [1.807, 2.05) is 0 Å². The second-order valence-corrected chi connectivity index (χ2v) is 8.18. The van der Waals surface area contributed by atoms with Crippen molar-refractivity contribution in [1.29, 1.82) is 0 Å². The summed E-state index contributed by atoms with van der Waals surface area (Å²) in [6, 6.07) is 3.40. The molecule has 0 spiro atoms. The lowest BCUT2D eigenvalue weighted by Gasteiger charge is -2.40. The van der Waals surface area contributed by atoms with Crippen LogP contribution in [0.25, 0.3) is 0 Å². The van der Waals surface area contributed by atoms with Crippen molar-refractivity contribution in [2.24, 2.45) is 0 Å². The van der Waals surface area contributed by atoms with Gasteiger partial charge in [-0.2, -0.15) is 0 Å². The highest BCUT2D eigenvalue weighted by atomic mass is 28.3. The van der Waals surface area contributed by atoms with E-state index in [0.717, 1.165) is 31.2 Å². The van der Waals surface area contributed by atoms with Crippen molar-refractivity contribution in [3.05, 3.63) is 38.0 Å². The van der Waals surface area contributed by atoms with E-state index in [1.54, 1.807) is 0 Å². The minimum absolute atomic E-state index is 1.12. The molecular weight excluding hydrogens is 198 g/mol. The molecule has 0 saturated heterocycles. The molecule has 0 aliphatic rings. The molecule has 0 aromatic carbocycles. The summed E-state index contributed by atoms with van der Waals surface area (Å²) in [4.78, 5) is 0. The zero-order chi connectivity index (χ0) is 11.7. The molecule has 0 rings (SSSR count). The maximum atomic E-state index is 3.90. The van der Waals surface area contributed by atoms with E-state index >= 15 is 0 Å². The third-order valence-corrected chi connectivity index (χ3v) is 8.13. The molecule has 0 aromatic rings. The molecule has 0 bridgehead atoms. The van der Waals surface area contributed by atoms with Gasteiger partial charge >= 0.3 is 0 Å². The standard InChI is InChI=1S/C13H25NSi/c1-6-11-15(12-7-2,13-8-3)14(9-4)10-5/h6-8H,1-3,9-13H2,4-5H3. The smallest absolute Gasteiger partial charge is 0.139 e. The number of rotatable bonds is 9.